The maximum absolute atomic E-state index is 6.84. The standard InChI is InChI=1S/C43H36N2O/c1-27(2)38-25-33(30-14-9-6-10-15-30)26-39(28(3)4)40(38)45-23-22-44-43(45)37-17-11-16-35-36-21-19-32-24-31(29-12-7-5-8-13-29)18-20-34(32)41(36)46-42(35)37/h5-28H,1-4H3. The van der Waals surface area contributed by atoms with Crippen LogP contribution in [0.4, 0.5) is 0 Å². The number of benzene rings is 6. The predicted molar refractivity (Wildman–Crippen MR) is 193 cm³/mol. The van der Waals surface area contributed by atoms with Crippen LogP contribution in [0.5, 0.6) is 0 Å². The van der Waals surface area contributed by atoms with Crippen LogP contribution in [0.2, 0.25) is 0 Å². The van der Waals surface area contributed by atoms with Crippen LogP contribution in [0.15, 0.2) is 138 Å². The van der Waals surface area contributed by atoms with E-state index in [-0.39, 0.29) is 0 Å². The van der Waals surface area contributed by atoms with E-state index in [1.165, 1.54) is 39.1 Å². The second kappa shape index (κ2) is 11.2. The molecule has 2 heterocycles. The van der Waals surface area contributed by atoms with Gasteiger partial charge in [-0.25, -0.2) is 4.98 Å². The van der Waals surface area contributed by atoms with Crippen LogP contribution in [0, 0.1) is 0 Å². The molecule has 0 fully saturated rings. The van der Waals surface area contributed by atoms with Crippen LogP contribution in [-0.4, -0.2) is 9.55 Å². The minimum Gasteiger partial charge on any atom is -0.455 e. The van der Waals surface area contributed by atoms with Crippen LogP contribution >= 0.6 is 0 Å². The third-order valence-electron chi connectivity index (χ3n) is 9.23. The predicted octanol–water partition coefficient (Wildman–Crippen LogP) is 12.2. The van der Waals surface area contributed by atoms with Gasteiger partial charge in [-0.1, -0.05) is 113 Å². The summed E-state index contributed by atoms with van der Waals surface area (Å²) in [7, 11) is 0. The van der Waals surface area contributed by atoms with E-state index >= 15 is 0 Å². The molecule has 0 N–H and O–H groups in total. The second-order valence-electron chi connectivity index (χ2n) is 12.8. The molecule has 0 bridgehead atoms. The minimum absolute atomic E-state index is 0.320. The van der Waals surface area contributed by atoms with Crippen molar-refractivity contribution in [3.8, 4) is 39.3 Å². The van der Waals surface area contributed by atoms with Crippen molar-refractivity contribution in [2.45, 2.75) is 39.5 Å². The van der Waals surface area contributed by atoms with Gasteiger partial charge in [0.25, 0.3) is 0 Å². The molecule has 0 saturated carbocycles. The zero-order chi connectivity index (χ0) is 31.4. The molecule has 0 amide bonds. The third-order valence-corrected chi connectivity index (χ3v) is 9.23. The van der Waals surface area contributed by atoms with Crippen molar-refractivity contribution in [2.24, 2.45) is 0 Å². The largest absolute Gasteiger partial charge is 0.455 e. The van der Waals surface area contributed by atoms with Crippen molar-refractivity contribution in [3.63, 3.8) is 0 Å². The Bertz CT molecular complexity index is 2330. The molecule has 2 aromatic heterocycles. The van der Waals surface area contributed by atoms with Gasteiger partial charge in [0.2, 0.25) is 0 Å². The summed E-state index contributed by atoms with van der Waals surface area (Å²) < 4.78 is 9.12. The lowest BCUT2D eigenvalue weighted by Crippen LogP contribution is -2.08. The molecule has 8 aromatic rings. The van der Waals surface area contributed by atoms with Crippen LogP contribution < -0.4 is 0 Å². The van der Waals surface area contributed by atoms with E-state index in [4.69, 9.17) is 9.40 Å². The molecule has 8 rings (SSSR count). The fraction of sp³-hybridized carbons (Fsp3) is 0.140. The number of para-hydroxylation sites is 1. The van der Waals surface area contributed by atoms with Gasteiger partial charge in [0.05, 0.1) is 11.3 Å². The van der Waals surface area contributed by atoms with Crippen LogP contribution in [-0.2, 0) is 0 Å². The average Bonchev–Trinajstić information content (AvgIpc) is 3.73. The molecule has 0 aliphatic carbocycles. The molecule has 0 saturated heterocycles. The van der Waals surface area contributed by atoms with E-state index in [9.17, 15) is 0 Å². The number of hydrogen-bond acceptors (Lipinski definition) is 2. The maximum Gasteiger partial charge on any atom is 0.148 e. The molecule has 0 atom stereocenters. The highest BCUT2D eigenvalue weighted by molar-refractivity contribution is 6.17. The summed E-state index contributed by atoms with van der Waals surface area (Å²) in [5.41, 5.74) is 11.5. The number of rotatable bonds is 6. The number of fused-ring (bicyclic) bond motifs is 5. The third kappa shape index (κ3) is 4.62. The van der Waals surface area contributed by atoms with Gasteiger partial charge in [-0.3, -0.25) is 4.57 Å². The molecule has 0 aliphatic rings. The highest BCUT2D eigenvalue weighted by Crippen LogP contribution is 2.42. The van der Waals surface area contributed by atoms with Gasteiger partial charge < -0.3 is 4.42 Å². The van der Waals surface area contributed by atoms with Gasteiger partial charge in [-0.05, 0) is 87.0 Å². The van der Waals surface area contributed by atoms with Crippen molar-refractivity contribution in [1.29, 1.82) is 0 Å². The number of nitrogens with zero attached hydrogens (tertiary/aromatic N) is 2. The molecule has 3 heteroatoms. The van der Waals surface area contributed by atoms with E-state index in [2.05, 4.69) is 160 Å². The highest BCUT2D eigenvalue weighted by atomic mass is 16.3. The molecule has 3 nitrogen and oxygen atoms in total. The monoisotopic (exact) mass is 596 g/mol. The van der Waals surface area contributed by atoms with Gasteiger partial charge >= 0.3 is 0 Å². The first-order valence-corrected chi connectivity index (χ1v) is 16.2. The number of furan rings is 1. The summed E-state index contributed by atoms with van der Waals surface area (Å²) in [6, 6.07) is 43.4. The Morgan fingerprint density at radius 2 is 1.17 bits per heavy atom. The Labute approximate surface area is 269 Å². The van der Waals surface area contributed by atoms with Crippen LogP contribution in [0.3, 0.4) is 0 Å². The highest BCUT2D eigenvalue weighted by Gasteiger charge is 2.23. The molecule has 46 heavy (non-hydrogen) atoms. The molecular weight excluding hydrogens is 560 g/mol. The lowest BCUT2D eigenvalue weighted by molar-refractivity contribution is 0.673. The van der Waals surface area contributed by atoms with Crippen LogP contribution in [0.25, 0.3) is 72.0 Å². The summed E-state index contributed by atoms with van der Waals surface area (Å²) in [6.45, 7) is 9.12. The SMILES string of the molecule is CC(C)c1cc(-c2ccccc2)cc(C(C)C)c1-n1ccnc1-c1cccc2c1oc1c3ccc(-c4ccccc4)cc3ccc21. The quantitative estimate of drug-likeness (QED) is 0.191. The minimum atomic E-state index is 0.320. The van der Waals surface area contributed by atoms with E-state index in [1.54, 1.807) is 0 Å². The molecular formula is C43H36N2O. The van der Waals surface area contributed by atoms with Crippen molar-refractivity contribution in [1.82, 2.24) is 9.55 Å². The Morgan fingerprint density at radius 1 is 0.543 bits per heavy atom. The summed E-state index contributed by atoms with van der Waals surface area (Å²) in [5.74, 6) is 1.53. The topological polar surface area (TPSA) is 31.0 Å². The second-order valence-corrected chi connectivity index (χ2v) is 12.8. The first-order chi connectivity index (χ1) is 22.5. The fourth-order valence-corrected chi connectivity index (χ4v) is 6.89. The van der Waals surface area contributed by atoms with Gasteiger partial charge in [0.1, 0.15) is 17.0 Å². The van der Waals surface area contributed by atoms with Gasteiger partial charge in [-0.15, -0.1) is 0 Å². The van der Waals surface area contributed by atoms with E-state index in [0.717, 1.165) is 44.1 Å². The van der Waals surface area contributed by atoms with E-state index in [0.29, 0.717) is 11.8 Å². The molecule has 0 aliphatic heterocycles. The first kappa shape index (κ1) is 28.1. The first-order valence-electron chi connectivity index (χ1n) is 16.2. The van der Waals surface area contributed by atoms with E-state index < -0.39 is 0 Å². The summed E-state index contributed by atoms with van der Waals surface area (Å²) in [4.78, 5) is 4.98. The Morgan fingerprint density at radius 3 is 1.85 bits per heavy atom. The maximum atomic E-state index is 6.84. The summed E-state index contributed by atoms with van der Waals surface area (Å²) >= 11 is 0. The lowest BCUT2D eigenvalue weighted by atomic mass is 9.88. The van der Waals surface area contributed by atoms with Gasteiger partial charge in [0.15, 0.2) is 0 Å². The molecule has 0 unspecified atom stereocenters. The number of hydrogen-bond donors (Lipinski definition) is 0. The Kier molecular flexibility index (Phi) is 6.83. The smallest absolute Gasteiger partial charge is 0.148 e. The number of aromatic nitrogens is 2. The molecule has 224 valence electrons. The van der Waals surface area contributed by atoms with E-state index in [1.807, 2.05) is 6.20 Å². The Hall–Kier alpha value is -5.41. The summed E-state index contributed by atoms with van der Waals surface area (Å²) in [6.07, 6.45) is 4.02. The van der Waals surface area contributed by atoms with Gasteiger partial charge in [0, 0.05) is 28.6 Å². The van der Waals surface area contributed by atoms with Crippen LogP contribution in [0.1, 0.15) is 50.7 Å². The van der Waals surface area contributed by atoms with Crippen molar-refractivity contribution < 1.29 is 4.42 Å². The average molecular weight is 597 g/mol. The Balaban J connectivity index is 1.32. The zero-order valence-corrected chi connectivity index (χ0v) is 26.7. The molecule has 6 aromatic carbocycles. The summed E-state index contributed by atoms with van der Waals surface area (Å²) in [5, 5.41) is 4.50. The fourth-order valence-electron chi connectivity index (χ4n) is 6.89. The van der Waals surface area contributed by atoms with Crippen molar-refractivity contribution >= 4 is 32.7 Å². The van der Waals surface area contributed by atoms with Crippen molar-refractivity contribution in [3.05, 3.63) is 145 Å². The normalized spacial score (nSPS) is 11.9. The molecule has 0 spiro atoms. The van der Waals surface area contributed by atoms with Crippen molar-refractivity contribution in [2.75, 3.05) is 0 Å². The van der Waals surface area contributed by atoms with Gasteiger partial charge in [-0.2, -0.15) is 0 Å². The number of imidazole rings is 1. The zero-order valence-electron chi connectivity index (χ0n) is 26.7. The lowest BCUT2D eigenvalue weighted by Gasteiger charge is -2.23. The molecule has 0 radical (unpaired) electrons.